The Balaban J connectivity index is 1.40. The van der Waals surface area contributed by atoms with E-state index >= 15 is 0 Å². The Morgan fingerprint density at radius 2 is 1.84 bits per heavy atom. The molecule has 0 aliphatic carbocycles. The molecule has 25 heavy (non-hydrogen) atoms. The molecular weight excluding hydrogens is 319 g/mol. The third kappa shape index (κ3) is 3.17. The van der Waals surface area contributed by atoms with Gasteiger partial charge in [0.15, 0.2) is 0 Å². The SMILES string of the molecule is COc1ccc(N2CCN(Cc3n[nH]c4c(F)cccc34)CC2)cc1. The van der Waals surface area contributed by atoms with Crippen LogP contribution in [0.25, 0.3) is 10.9 Å². The van der Waals surface area contributed by atoms with E-state index < -0.39 is 0 Å². The number of hydrogen-bond acceptors (Lipinski definition) is 4. The van der Waals surface area contributed by atoms with Crippen LogP contribution in [0.2, 0.25) is 0 Å². The van der Waals surface area contributed by atoms with Crippen molar-refractivity contribution in [2.75, 3.05) is 38.2 Å². The van der Waals surface area contributed by atoms with Crippen LogP contribution in [0.1, 0.15) is 5.69 Å². The molecule has 0 saturated carbocycles. The third-order valence-electron chi connectivity index (χ3n) is 4.81. The molecule has 3 aromatic rings. The van der Waals surface area contributed by atoms with Gasteiger partial charge in [0, 0.05) is 43.8 Å². The molecule has 1 aromatic heterocycles. The summed E-state index contributed by atoms with van der Waals surface area (Å²) < 4.78 is 19.0. The van der Waals surface area contributed by atoms with Crippen LogP contribution in [-0.4, -0.2) is 48.4 Å². The standard InChI is InChI=1S/C19H21FN4O/c1-25-15-7-5-14(6-8-15)24-11-9-23(10-12-24)13-18-16-3-2-4-17(20)19(16)22-21-18/h2-8H,9-13H2,1H3,(H,21,22). The number of aromatic nitrogens is 2. The molecule has 1 N–H and O–H groups in total. The van der Waals surface area contributed by atoms with Gasteiger partial charge in [-0.15, -0.1) is 0 Å². The highest BCUT2D eigenvalue weighted by molar-refractivity contribution is 5.81. The maximum Gasteiger partial charge on any atom is 0.148 e. The highest BCUT2D eigenvalue weighted by atomic mass is 19.1. The van der Waals surface area contributed by atoms with E-state index in [0.29, 0.717) is 5.52 Å². The summed E-state index contributed by atoms with van der Waals surface area (Å²) >= 11 is 0. The van der Waals surface area contributed by atoms with Crippen LogP contribution < -0.4 is 9.64 Å². The lowest BCUT2D eigenvalue weighted by Gasteiger charge is -2.35. The van der Waals surface area contributed by atoms with Crippen LogP contribution in [0.4, 0.5) is 10.1 Å². The Morgan fingerprint density at radius 1 is 1.08 bits per heavy atom. The highest BCUT2D eigenvalue weighted by Gasteiger charge is 2.19. The minimum atomic E-state index is -0.249. The molecule has 1 fully saturated rings. The summed E-state index contributed by atoms with van der Waals surface area (Å²) in [4.78, 5) is 4.73. The van der Waals surface area contributed by atoms with Gasteiger partial charge in [-0.2, -0.15) is 5.10 Å². The molecule has 1 saturated heterocycles. The van der Waals surface area contributed by atoms with Gasteiger partial charge in [0.1, 0.15) is 17.1 Å². The minimum absolute atomic E-state index is 0.249. The molecule has 5 nitrogen and oxygen atoms in total. The Labute approximate surface area is 146 Å². The van der Waals surface area contributed by atoms with Gasteiger partial charge in [-0.05, 0) is 30.3 Å². The maximum absolute atomic E-state index is 13.8. The number of nitrogens with one attached hydrogen (secondary N) is 1. The molecule has 0 bridgehead atoms. The lowest BCUT2D eigenvalue weighted by Crippen LogP contribution is -2.46. The van der Waals surface area contributed by atoms with Crippen molar-refractivity contribution >= 4 is 16.6 Å². The first-order valence-corrected chi connectivity index (χ1v) is 8.47. The van der Waals surface area contributed by atoms with Crippen LogP contribution in [0.3, 0.4) is 0 Å². The van der Waals surface area contributed by atoms with Crippen molar-refractivity contribution in [3.05, 3.63) is 54.0 Å². The van der Waals surface area contributed by atoms with E-state index in [9.17, 15) is 4.39 Å². The zero-order valence-electron chi connectivity index (χ0n) is 14.2. The van der Waals surface area contributed by atoms with Gasteiger partial charge in [0.25, 0.3) is 0 Å². The fraction of sp³-hybridized carbons (Fsp3) is 0.316. The molecule has 1 aliphatic heterocycles. The number of rotatable bonds is 4. The summed E-state index contributed by atoms with van der Waals surface area (Å²) in [7, 11) is 1.68. The zero-order valence-corrected chi connectivity index (χ0v) is 14.2. The van der Waals surface area contributed by atoms with Crippen molar-refractivity contribution in [2.24, 2.45) is 0 Å². The Morgan fingerprint density at radius 3 is 2.56 bits per heavy atom. The van der Waals surface area contributed by atoms with E-state index in [2.05, 4.69) is 32.1 Å². The van der Waals surface area contributed by atoms with Gasteiger partial charge in [0.05, 0.1) is 12.8 Å². The molecule has 0 radical (unpaired) electrons. The molecule has 0 atom stereocenters. The van der Waals surface area contributed by atoms with Gasteiger partial charge in [-0.25, -0.2) is 4.39 Å². The van der Waals surface area contributed by atoms with Crippen molar-refractivity contribution in [2.45, 2.75) is 6.54 Å². The molecule has 0 unspecified atom stereocenters. The quantitative estimate of drug-likeness (QED) is 0.793. The first-order valence-electron chi connectivity index (χ1n) is 8.47. The van der Waals surface area contributed by atoms with Crippen LogP contribution in [0.15, 0.2) is 42.5 Å². The average Bonchev–Trinajstić information content (AvgIpc) is 3.07. The number of methoxy groups -OCH3 is 1. The van der Waals surface area contributed by atoms with E-state index in [1.807, 2.05) is 18.2 Å². The zero-order chi connectivity index (χ0) is 17.2. The first kappa shape index (κ1) is 15.9. The molecule has 2 aromatic carbocycles. The highest BCUT2D eigenvalue weighted by Crippen LogP contribution is 2.23. The fourth-order valence-electron chi connectivity index (χ4n) is 3.35. The molecular formula is C19H21FN4O. The van der Waals surface area contributed by atoms with E-state index in [1.165, 1.54) is 11.8 Å². The molecule has 0 amide bonds. The summed E-state index contributed by atoms with van der Waals surface area (Å²) in [6.07, 6.45) is 0. The largest absolute Gasteiger partial charge is 0.497 e. The summed E-state index contributed by atoms with van der Waals surface area (Å²) in [6.45, 7) is 4.57. The van der Waals surface area contributed by atoms with E-state index in [0.717, 1.165) is 49.6 Å². The van der Waals surface area contributed by atoms with Crippen LogP contribution in [0.5, 0.6) is 5.75 Å². The Hall–Kier alpha value is -2.60. The van der Waals surface area contributed by atoms with Crippen molar-refractivity contribution in [1.82, 2.24) is 15.1 Å². The van der Waals surface area contributed by atoms with Gasteiger partial charge in [0.2, 0.25) is 0 Å². The second-order valence-corrected chi connectivity index (χ2v) is 6.29. The number of nitrogens with zero attached hydrogens (tertiary/aromatic N) is 3. The predicted molar refractivity (Wildman–Crippen MR) is 96.5 cm³/mol. The van der Waals surface area contributed by atoms with Crippen LogP contribution in [-0.2, 0) is 6.54 Å². The number of hydrogen-bond donors (Lipinski definition) is 1. The van der Waals surface area contributed by atoms with Gasteiger partial charge >= 0.3 is 0 Å². The average molecular weight is 340 g/mol. The van der Waals surface area contributed by atoms with Crippen molar-refractivity contribution in [1.29, 1.82) is 0 Å². The normalized spacial score (nSPS) is 15.7. The molecule has 6 heteroatoms. The monoisotopic (exact) mass is 340 g/mol. The summed E-state index contributed by atoms with van der Waals surface area (Å²) in [5.74, 6) is 0.626. The van der Waals surface area contributed by atoms with Crippen molar-refractivity contribution in [3.63, 3.8) is 0 Å². The summed E-state index contributed by atoms with van der Waals surface area (Å²) in [6, 6.07) is 13.3. The number of ether oxygens (including phenoxy) is 1. The number of para-hydroxylation sites is 1. The summed E-state index contributed by atoms with van der Waals surface area (Å²) in [5, 5.41) is 8.00. The number of benzene rings is 2. The van der Waals surface area contributed by atoms with Crippen LogP contribution in [0, 0.1) is 5.82 Å². The predicted octanol–water partition coefficient (Wildman–Crippen LogP) is 3.03. The van der Waals surface area contributed by atoms with Gasteiger partial charge in [-0.3, -0.25) is 10.00 Å². The molecule has 1 aliphatic rings. The second-order valence-electron chi connectivity index (χ2n) is 6.29. The van der Waals surface area contributed by atoms with Crippen molar-refractivity contribution < 1.29 is 9.13 Å². The number of piperazine rings is 1. The maximum atomic E-state index is 13.8. The fourth-order valence-corrected chi connectivity index (χ4v) is 3.35. The minimum Gasteiger partial charge on any atom is -0.497 e. The van der Waals surface area contributed by atoms with Gasteiger partial charge < -0.3 is 9.64 Å². The number of aromatic amines is 1. The second kappa shape index (κ2) is 6.72. The lowest BCUT2D eigenvalue weighted by molar-refractivity contribution is 0.248. The van der Waals surface area contributed by atoms with Gasteiger partial charge in [-0.1, -0.05) is 12.1 Å². The smallest absolute Gasteiger partial charge is 0.148 e. The molecule has 0 spiro atoms. The van der Waals surface area contributed by atoms with E-state index in [-0.39, 0.29) is 5.82 Å². The number of anilines is 1. The molecule has 130 valence electrons. The van der Waals surface area contributed by atoms with Crippen molar-refractivity contribution in [3.8, 4) is 5.75 Å². The topological polar surface area (TPSA) is 44.4 Å². The van der Waals surface area contributed by atoms with E-state index in [4.69, 9.17) is 4.74 Å². The first-order chi connectivity index (χ1) is 12.2. The number of H-pyrrole nitrogens is 1. The number of fused-ring (bicyclic) bond motifs is 1. The Kier molecular flexibility index (Phi) is 4.28. The lowest BCUT2D eigenvalue weighted by atomic mass is 10.2. The Bertz CT molecular complexity index is 853. The summed E-state index contributed by atoms with van der Waals surface area (Å²) in [5.41, 5.74) is 2.62. The van der Waals surface area contributed by atoms with Crippen LogP contribution >= 0.6 is 0 Å². The third-order valence-corrected chi connectivity index (χ3v) is 4.81. The van der Waals surface area contributed by atoms with E-state index in [1.54, 1.807) is 13.2 Å². The molecule has 4 rings (SSSR count). The number of halogens is 1. The molecule has 2 heterocycles.